The number of carbonyl (C=O) groups excluding carboxylic acids is 2. The molecule has 0 aliphatic carbocycles. The van der Waals surface area contributed by atoms with E-state index in [4.69, 9.17) is 9.16 Å². The lowest BCUT2D eigenvalue weighted by Crippen LogP contribution is -2.44. The van der Waals surface area contributed by atoms with Gasteiger partial charge in [0.05, 0.1) is 20.4 Å². The Morgan fingerprint density at radius 2 is 1.72 bits per heavy atom. The van der Waals surface area contributed by atoms with Crippen LogP contribution in [0.3, 0.4) is 0 Å². The molecule has 0 saturated carbocycles. The maximum absolute atomic E-state index is 13.1. The smallest absolute Gasteiger partial charge is 0.417 e. The van der Waals surface area contributed by atoms with Crippen LogP contribution in [0.5, 0.6) is 0 Å². The molecule has 36 heavy (non-hydrogen) atoms. The topological polar surface area (TPSA) is 55.8 Å². The Bertz CT molecular complexity index is 948. The van der Waals surface area contributed by atoms with Gasteiger partial charge in [-0.1, -0.05) is 96.7 Å². The predicted molar refractivity (Wildman–Crippen MR) is 154 cm³/mol. The molecule has 200 valence electrons. The largest absolute Gasteiger partial charge is 0.549 e. The molecule has 3 atom stereocenters. The van der Waals surface area contributed by atoms with E-state index in [1.807, 2.05) is 42.7 Å². The summed E-state index contributed by atoms with van der Waals surface area (Å²) < 4.78 is 11.7. The van der Waals surface area contributed by atoms with E-state index in [1.54, 1.807) is 6.08 Å². The number of imide groups is 1. The zero-order chi connectivity index (χ0) is 27.3. The van der Waals surface area contributed by atoms with Gasteiger partial charge < -0.3 is 9.16 Å². The second kappa shape index (κ2) is 11.9. The Kier molecular flexibility index (Phi) is 9.99. The maximum Gasteiger partial charge on any atom is 0.417 e. The van der Waals surface area contributed by atoms with Crippen molar-refractivity contribution in [2.75, 3.05) is 6.61 Å². The highest BCUT2D eigenvalue weighted by molar-refractivity contribution is 6.78. The molecule has 0 aromatic heterocycles. The van der Waals surface area contributed by atoms with Crippen LogP contribution in [0.1, 0.15) is 40.2 Å². The van der Waals surface area contributed by atoms with Crippen molar-refractivity contribution in [3.8, 4) is 0 Å². The van der Waals surface area contributed by atoms with Crippen molar-refractivity contribution in [3.05, 3.63) is 60.4 Å². The maximum atomic E-state index is 13.1. The molecule has 1 heterocycles. The van der Waals surface area contributed by atoms with E-state index in [9.17, 15) is 9.59 Å². The van der Waals surface area contributed by atoms with Crippen molar-refractivity contribution in [2.24, 2.45) is 11.8 Å². The zero-order valence-electron chi connectivity index (χ0n) is 24.0. The van der Waals surface area contributed by atoms with E-state index in [0.29, 0.717) is 17.9 Å². The summed E-state index contributed by atoms with van der Waals surface area (Å²) in [7, 11) is -3.57. The SMILES string of the molecule is CC(C)C(C)(C)[Si](C)(C)O/C=C\[C@H]([C@H](C)/C=C/C(=O)N1C(=O)OC[C@@H]1Cc1ccccc1)[Si](C)(C)C. The van der Waals surface area contributed by atoms with Crippen LogP contribution in [0.15, 0.2) is 54.8 Å². The number of benzene rings is 1. The summed E-state index contributed by atoms with van der Waals surface area (Å²) in [4.78, 5) is 26.7. The minimum Gasteiger partial charge on any atom is -0.549 e. The fourth-order valence-electron chi connectivity index (χ4n) is 4.59. The third-order valence-electron chi connectivity index (χ3n) is 8.27. The Balaban J connectivity index is 2.13. The molecule has 0 unspecified atom stereocenters. The second-order valence-electron chi connectivity index (χ2n) is 12.6. The molecule has 1 saturated heterocycles. The number of rotatable bonds is 11. The lowest BCUT2D eigenvalue weighted by molar-refractivity contribution is -0.124. The first-order valence-corrected chi connectivity index (χ1v) is 19.6. The zero-order valence-corrected chi connectivity index (χ0v) is 26.0. The number of allylic oxidation sites excluding steroid dienone is 2. The fourth-order valence-corrected chi connectivity index (χ4v) is 9.05. The molecule has 2 amide bonds. The molecule has 0 radical (unpaired) electrons. The van der Waals surface area contributed by atoms with Crippen LogP contribution in [0, 0.1) is 11.8 Å². The molecule has 1 aliphatic rings. The molecule has 1 aromatic rings. The highest BCUT2D eigenvalue weighted by Crippen LogP contribution is 2.45. The monoisotopic (exact) mass is 529 g/mol. The van der Waals surface area contributed by atoms with Crippen molar-refractivity contribution in [2.45, 2.75) is 90.4 Å². The van der Waals surface area contributed by atoms with E-state index in [2.05, 4.69) is 73.4 Å². The van der Waals surface area contributed by atoms with Gasteiger partial charge >= 0.3 is 6.09 Å². The Labute approximate surface area is 221 Å². The molecule has 1 aliphatic heterocycles. The molecule has 1 aromatic carbocycles. The minimum absolute atomic E-state index is 0.134. The van der Waals surface area contributed by atoms with Crippen molar-refractivity contribution < 1.29 is 18.8 Å². The van der Waals surface area contributed by atoms with E-state index in [-0.39, 0.29) is 29.5 Å². The van der Waals surface area contributed by atoms with Crippen molar-refractivity contribution in [1.29, 1.82) is 0 Å². The van der Waals surface area contributed by atoms with Crippen LogP contribution >= 0.6 is 0 Å². The summed E-state index contributed by atoms with van der Waals surface area (Å²) >= 11 is 0. The van der Waals surface area contributed by atoms with Gasteiger partial charge in [-0.2, -0.15) is 0 Å². The molecule has 1 fully saturated rings. The van der Waals surface area contributed by atoms with Crippen LogP contribution in [0.2, 0.25) is 43.3 Å². The van der Waals surface area contributed by atoms with Gasteiger partial charge in [0, 0.05) is 0 Å². The lowest BCUT2D eigenvalue weighted by atomic mass is 9.99. The van der Waals surface area contributed by atoms with E-state index < -0.39 is 22.5 Å². The molecular weight excluding hydrogens is 482 g/mol. The molecule has 7 heteroatoms. The van der Waals surface area contributed by atoms with Gasteiger partial charge in [0.2, 0.25) is 8.32 Å². The first-order chi connectivity index (χ1) is 16.6. The van der Waals surface area contributed by atoms with Crippen molar-refractivity contribution >= 4 is 28.4 Å². The van der Waals surface area contributed by atoms with Crippen molar-refractivity contribution in [3.63, 3.8) is 0 Å². The molecular formula is C29H47NO4Si2. The Morgan fingerprint density at radius 3 is 2.28 bits per heavy atom. The van der Waals surface area contributed by atoms with Gasteiger partial charge in [-0.3, -0.25) is 4.79 Å². The minimum atomic E-state index is -1.96. The molecule has 2 rings (SSSR count). The van der Waals surface area contributed by atoms with Gasteiger partial charge in [0.25, 0.3) is 5.91 Å². The average molecular weight is 530 g/mol. The van der Waals surface area contributed by atoms with Crippen LogP contribution in [-0.2, 0) is 20.4 Å². The number of amides is 2. The Hall–Kier alpha value is -2.13. The summed E-state index contributed by atoms with van der Waals surface area (Å²) in [5.41, 5.74) is 1.37. The molecule has 0 spiro atoms. The van der Waals surface area contributed by atoms with Crippen LogP contribution in [0.4, 0.5) is 4.79 Å². The third kappa shape index (κ3) is 7.45. The summed E-state index contributed by atoms with van der Waals surface area (Å²) in [5.74, 6) is 0.359. The van der Waals surface area contributed by atoms with Crippen LogP contribution < -0.4 is 0 Å². The van der Waals surface area contributed by atoms with Gasteiger partial charge in [0.15, 0.2) is 0 Å². The average Bonchev–Trinajstić information content (AvgIpc) is 3.14. The third-order valence-corrected chi connectivity index (χ3v) is 15.4. The summed E-state index contributed by atoms with van der Waals surface area (Å²) in [6, 6.07) is 9.59. The number of ether oxygens (including phenoxy) is 1. The van der Waals surface area contributed by atoms with E-state index in [1.165, 1.54) is 4.90 Å². The predicted octanol–water partition coefficient (Wildman–Crippen LogP) is 7.65. The second-order valence-corrected chi connectivity index (χ2v) is 22.5. The summed E-state index contributed by atoms with van der Waals surface area (Å²) in [6.07, 6.45) is 7.66. The number of carbonyl (C=O) groups is 2. The molecule has 0 N–H and O–H groups in total. The summed E-state index contributed by atoms with van der Waals surface area (Å²) in [5, 5.41) is 0.143. The van der Waals surface area contributed by atoms with E-state index in [0.717, 1.165) is 5.56 Å². The number of cyclic esters (lactones) is 1. The number of nitrogens with zero attached hydrogens (tertiary/aromatic N) is 1. The summed E-state index contributed by atoms with van der Waals surface area (Å²) in [6.45, 7) is 23.1. The fraction of sp³-hybridized carbons (Fsp3) is 0.586. The van der Waals surface area contributed by atoms with Crippen LogP contribution in [-0.4, -0.2) is 45.9 Å². The quantitative estimate of drug-likeness (QED) is 0.168. The first-order valence-electron chi connectivity index (χ1n) is 13.1. The molecule has 0 bridgehead atoms. The standard InChI is InChI=1S/C29H47NO4Si2/c1-22(2)29(4,5)36(9,10)34-19-18-26(35(6,7)8)23(3)16-17-27(31)30-25(21-33-28(30)32)20-24-14-12-11-13-15-24/h11-19,22-23,25-26H,20-21H2,1-10H3/b17-16+,19-18-/t23-,25+,26-/m1/s1. The van der Waals surface area contributed by atoms with Gasteiger partial charge in [0.1, 0.15) is 6.61 Å². The lowest BCUT2D eigenvalue weighted by Gasteiger charge is -2.41. The number of hydrogen-bond acceptors (Lipinski definition) is 4. The highest BCUT2D eigenvalue weighted by Gasteiger charge is 2.44. The van der Waals surface area contributed by atoms with Crippen LogP contribution in [0.25, 0.3) is 0 Å². The number of hydrogen-bond donors (Lipinski definition) is 0. The first kappa shape index (κ1) is 30.1. The normalized spacial score (nSPS) is 19.2. The van der Waals surface area contributed by atoms with Gasteiger partial charge in [-0.25, -0.2) is 9.69 Å². The molecule has 5 nitrogen and oxygen atoms in total. The Morgan fingerprint density at radius 1 is 1.11 bits per heavy atom. The van der Waals surface area contributed by atoms with Crippen molar-refractivity contribution in [1.82, 2.24) is 4.90 Å². The highest BCUT2D eigenvalue weighted by atomic mass is 28.4. The van der Waals surface area contributed by atoms with E-state index >= 15 is 0 Å². The van der Waals surface area contributed by atoms with Gasteiger partial charge in [-0.05, 0) is 53.6 Å². The van der Waals surface area contributed by atoms with Gasteiger partial charge in [-0.15, -0.1) is 0 Å².